The Hall–Kier alpha value is -3.55. The molecule has 26 heavy (non-hydrogen) atoms. The van der Waals surface area contributed by atoms with Crippen molar-refractivity contribution >= 4 is 17.6 Å². The molecule has 1 aromatic heterocycles. The summed E-state index contributed by atoms with van der Waals surface area (Å²) < 4.78 is 6.53. The molecule has 3 rings (SSSR count). The Bertz CT molecular complexity index is 891. The molecule has 8 heteroatoms. The van der Waals surface area contributed by atoms with Crippen LogP contribution in [-0.4, -0.2) is 38.7 Å². The van der Waals surface area contributed by atoms with Crippen LogP contribution in [0.15, 0.2) is 54.9 Å². The molecule has 132 valence electrons. The molecular weight excluding hydrogens is 334 g/mol. The van der Waals surface area contributed by atoms with E-state index >= 15 is 0 Å². The lowest BCUT2D eigenvalue weighted by molar-refractivity contribution is -0.119. The molecule has 8 nitrogen and oxygen atoms in total. The highest BCUT2D eigenvalue weighted by Gasteiger charge is 2.12. The number of carbonyl (C=O) groups is 2. The Labute approximate surface area is 149 Å². The van der Waals surface area contributed by atoms with Gasteiger partial charge in [-0.3, -0.25) is 4.79 Å². The summed E-state index contributed by atoms with van der Waals surface area (Å²) in [6, 6.07) is 14.0. The van der Waals surface area contributed by atoms with Crippen molar-refractivity contribution in [2.45, 2.75) is 13.3 Å². The number of anilines is 1. The van der Waals surface area contributed by atoms with Gasteiger partial charge in [-0.1, -0.05) is 25.1 Å². The maximum atomic E-state index is 12.1. The summed E-state index contributed by atoms with van der Waals surface area (Å²) in [5, 5.41) is 13.6. The number of para-hydroxylation sites is 1. The molecule has 1 heterocycles. The third-order valence-corrected chi connectivity index (χ3v) is 3.72. The summed E-state index contributed by atoms with van der Waals surface area (Å²) in [6.07, 6.45) is 2.25. The second kappa shape index (κ2) is 8.02. The van der Waals surface area contributed by atoms with E-state index in [0.29, 0.717) is 11.3 Å². The highest BCUT2D eigenvalue weighted by atomic mass is 16.5. The number of aryl methyl sites for hydroxylation is 1. The fourth-order valence-corrected chi connectivity index (χ4v) is 2.38. The molecule has 3 aromatic rings. The van der Waals surface area contributed by atoms with Crippen molar-refractivity contribution in [3.05, 3.63) is 66.0 Å². The molecule has 0 aliphatic heterocycles. The lowest BCUT2D eigenvalue weighted by Crippen LogP contribution is -2.21. The third-order valence-electron chi connectivity index (χ3n) is 3.72. The first-order chi connectivity index (χ1) is 12.7. The van der Waals surface area contributed by atoms with Gasteiger partial charge in [0.25, 0.3) is 5.91 Å². The number of hydrogen-bond acceptors (Lipinski definition) is 6. The van der Waals surface area contributed by atoms with Gasteiger partial charge in [0.2, 0.25) is 0 Å². The van der Waals surface area contributed by atoms with Crippen LogP contribution in [0.5, 0.6) is 0 Å². The van der Waals surface area contributed by atoms with Crippen LogP contribution < -0.4 is 5.32 Å². The highest BCUT2D eigenvalue weighted by Crippen LogP contribution is 2.15. The van der Waals surface area contributed by atoms with Crippen molar-refractivity contribution in [2.75, 3.05) is 11.9 Å². The van der Waals surface area contributed by atoms with Crippen LogP contribution in [0, 0.1) is 0 Å². The molecule has 0 radical (unpaired) electrons. The number of rotatable bonds is 6. The van der Waals surface area contributed by atoms with Crippen LogP contribution in [0.2, 0.25) is 0 Å². The number of carbonyl (C=O) groups excluding carboxylic acids is 2. The summed E-state index contributed by atoms with van der Waals surface area (Å²) in [6.45, 7) is 1.65. The molecule has 0 unspecified atom stereocenters. The number of ether oxygens (including phenoxy) is 1. The van der Waals surface area contributed by atoms with Crippen molar-refractivity contribution in [1.82, 2.24) is 20.2 Å². The van der Waals surface area contributed by atoms with Crippen LogP contribution in [0.1, 0.15) is 22.8 Å². The average Bonchev–Trinajstić information content (AvgIpc) is 3.21. The predicted molar refractivity (Wildman–Crippen MR) is 93.9 cm³/mol. The van der Waals surface area contributed by atoms with Gasteiger partial charge >= 0.3 is 5.97 Å². The molecule has 1 N–H and O–H groups in total. The molecule has 0 aliphatic carbocycles. The minimum atomic E-state index is -0.577. The second-order valence-electron chi connectivity index (χ2n) is 5.44. The first kappa shape index (κ1) is 17.3. The number of nitrogens with one attached hydrogen (secondary N) is 1. The van der Waals surface area contributed by atoms with E-state index in [-0.39, 0.29) is 12.5 Å². The zero-order valence-electron chi connectivity index (χ0n) is 14.1. The van der Waals surface area contributed by atoms with Gasteiger partial charge in [0, 0.05) is 5.69 Å². The second-order valence-corrected chi connectivity index (χ2v) is 5.44. The largest absolute Gasteiger partial charge is 0.452 e. The lowest BCUT2D eigenvalue weighted by atomic mass is 10.1. The smallest absolute Gasteiger partial charge is 0.338 e. The van der Waals surface area contributed by atoms with E-state index in [4.69, 9.17) is 4.74 Å². The Balaban J connectivity index is 1.55. The quantitative estimate of drug-likeness (QED) is 0.682. The van der Waals surface area contributed by atoms with Gasteiger partial charge in [-0.25, -0.2) is 9.48 Å². The van der Waals surface area contributed by atoms with Crippen molar-refractivity contribution in [1.29, 1.82) is 0 Å². The SMILES string of the molecule is CCc1ccccc1NC(=O)COC(=O)c1ccc(-n2cnnn2)cc1. The van der Waals surface area contributed by atoms with Crippen LogP contribution in [0.25, 0.3) is 5.69 Å². The molecule has 0 saturated carbocycles. The van der Waals surface area contributed by atoms with Crippen LogP contribution >= 0.6 is 0 Å². The van der Waals surface area contributed by atoms with E-state index in [1.807, 2.05) is 31.2 Å². The van der Waals surface area contributed by atoms with Gasteiger partial charge in [-0.05, 0) is 52.7 Å². The Morgan fingerprint density at radius 1 is 1.12 bits per heavy atom. The monoisotopic (exact) mass is 351 g/mol. The molecule has 0 bridgehead atoms. The van der Waals surface area contributed by atoms with Gasteiger partial charge in [0.05, 0.1) is 11.3 Å². The number of aromatic nitrogens is 4. The first-order valence-corrected chi connectivity index (χ1v) is 8.05. The Morgan fingerprint density at radius 2 is 1.88 bits per heavy atom. The summed E-state index contributed by atoms with van der Waals surface area (Å²) in [7, 11) is 0. The van der Waals surface area contributed by atoms with E-state index in [9.17, 15) is 9.59 Å². The van der Waals surface area contributed by atoms with Crippen LogP contribution in [-0.2, 0) is 16.0 Å². The van der Waals surface area contributed by atoms with Gasteiger partial charge in [0.15, 0.2) is 6.61 Å². The summed E-state index contributed by atoms with van der Waals surface area (Å²) in [5.74, 6) is -0.961. The standard InChI is InChI=1S/C18H17N5O3/c1-2-13-5-3-4-6-16(13)20-17(24)11-26-18(25)14-7-9-15(10-8-14)23-12-19-21-22-23/h3-10,12H,2,11H2,1H3,(H,20,24). The number of hydrogen-bond donors (Lipinski definition) is 1. The minimum absolute atomic E-state index is 0.337. The van der Waals surface area contributed by atoms with Gasteiger partial charge in [-0.2, -0.15) is 0 Å². The van der Waals surface area contributed by atoms with Crippen molar-refractivity contribution in [2.24, 2.45) is 0 Å². The highest BCUT2D eigenvalue weighted by molar-refractivity contribution is 5.96. The number of amides is 1. The van der Waals surface area contributed by atoms with Gasteiger partial charge < -0.3 is 10.1 Å². The number of tetrazole rings is 1. The van der Waals surface area contributed by atoms with E-state index < -0.39 is 5.97 Å². The number of esters is 1. The summed E-state index contributed by atoms with van der Waals surface area (Å²) >= 11 is 0. The fraction of sp³-hybridized carbons (Fsp3) is 0.167. The van der Waals surface area contributed by atoms with Crippen LogP contribution in [0.3, 0.4) is 0 Å². The molecule has 0 atom stereocenters. The summed E-state index contributed by atoms with van der Waals surface area (Å²) in [4.78, 5) is 24.1. The van der Waals surface area contributed by atoms with Crippen molar-refractivity contribution in [3.63, 3.8) is 0 Å². The molecule has 0 saturated heterocycles. The Morgan fingerprint density at radius 3 is 2.58 bits per heavy atom. The van der Waals surface area contributed by atoms with Crippen LogP contribution in [0.4, 0.5) is 5.69 Å². The first-order valence-electron chi connectivity index (χ1n) is 8.05. The molecule has 1 amide bonds. The number of nitrogens with zero attached hydrogens (tertiary/aromatic N) is 4. The van der Waals surface area contributed by atoms with Gasteiger partial charge in [-0.15, -0.1) is 5.10 Å². The molecule has 0 aliphatic rings. The maximum absolute atomic E-state index is 12.1. The lowest BCUT2D eigenvalue weighted by Gasteiger charge is -2.10. The zero-order chi connectivity index (χ0) is 18.4. The Kier molecular flexibility index (Phi) is 5.33. The minimum Gasteiger partial charge on any atom is -0.452 e. The summed E-state index contributed by atoms with van der Waals surface area (Å²) in [5.41, 5.74) is 2.79. The van der Waals surface area contributed by atoms with Gasteiger partial charge in [0.1, 0.15) is 6.33 Å². The van der Waals surface area contributed by atoms with Crippen molar-refractivity contribution in [3.8, 4) is 5.69 Å². The third kappa shape index (κ3) is 4.10. The van der Waals surface area contributed by atoms with Crippen molar-refractivity contribution < 1.29 is 14.3 Å². The maximum Gasteiger partial charge on any atom is 0.338 e. The predicted octanol–water partition coefficient (Wildman–Crippen LogP) is 2.02. The molecule has 2 aromatic carbocycles. The van der Waals surface area contributed by atoms with E-state index in [2.05, 4.69) is 20.8 Å². The van der Waals surface area contributed by atoms with E-state index in [0.717, 1.165) is 17.7 Å². The fourth-order valence-electron chi connectivity index (χ4n) is 2.38. The number of benzene rings is 2. The zero-order valence-corrected chi connectivity index (χ0v) is 14.1. The average molecular weight is 351 g/mol. The molecule has 0 spiro atoms. The topological polar surface area (TPSA) is 99.0 Å². The normalized spacial score (nSPS) is 10.3. The van der Waals surface area contributed by atoms with E-state index in [1.165, 1.54) is 11.0 Å². The van der Waals surface area contributed by atoms with E-state index in [1.54, 1.807) is 24.3 Å². The molecule has 0 fully saturated rings. The molecular formula is C18H17N5O3.